The van der Waals surface area contributed by atoms with Gasteiger partial charge in [-0.3, -0.25) is 0 Å². The largest absolute Gasteiger partial charge is 0.223 e. The van der Waals surface area contributed by atoms with Crippen molar-refractivity contribution in [2.45, 2.75) is 10.6 Å². The Hall–Kier alpha value is -2.12. The van der Waals surface area contributed by atoms with Gasteiger partial charge in [0.2, 0.25) is 0 Å². The van der Waals surface area contributed by atoms with E-state index in [-0.39, 0.29) is 10.6 Å². The van der Waals surface area contributed by atoms with Gasteiger partial charge in [0.25, 0.3) is 0 Å². The number of nitrogens with zero attached hydrogens (tertiary/aromatic N) is 1. The van der Waals surface area contributed by atoms with Crippen LogP contribution < -0.4 is 0 Å². The van der Waals surface area contributed by atoms with Crippen molar-refractivity contribution in [3.8, 4) is 6.07 Å². The second-order valence-electron chi connectivity index (χ2n) is 3.84. The third-order valence-electron chi connectivity index (χ3n) is 2.59. The van der Waals surface area contributed by atoms with Gasteiger partial charge < -0.3 is 0 Å². The number of benzene rings is 2. The van der Waals surface area contributed by atoms with Crippen molar-refractivity contribution < 1.29 is 8.42 Å². The van der Waals surface area contributed by atoms with E-state index in [2.05, 4.69) is 0 Å². The molecular formula is C14H11NO2S. The first kappa shape index (κ1) is 12.3. The molecule has 3 nitrogen and oxygen atoms in total. The summed E-state index contributed by atoms with van der Waals surface area (Å²) in [6.07, 6.45) is 0. The fraction of sp³-hybridized carbons (Fsp3) is 0.0714. The van der Waals surface area contributed by atoms with Crippen molar-refractivity contribution >= 4 is 9.84 Å². The molecule has 0 fully saturated rings. The molecule has 0 aliphatic heterocycles. The summed E-state index contributed by atoms with van der Waals surface area (Å²) in [5, 5.41) is 8.94. The number of rotatable bonds is 3. The quantitative estimate of drug-likeness (QED) is 0.849. The van der Waals surface area contributed by atoms with E-state index in [0.29, 0.717) is 11.1 Å². The first-order valence-electron chi connectivity index (χ1n) is 5.39. The minimum Gasteiger partial charge on any atom is -0.223 e. The number of hydrogen-bond donors (Lipinski definition) is 0. The zero-order valence-corrected chi connectivity index (χ0v) is 10.4. The zero-order valence-electron chi connectivity index (χ0n) is 9.58. The van der Waals surface area contributed by atoms with Gasteiger partial charge in [-0.15, -0.1) is 0 Å². The van der Waals surface area contributed by atoms with E-state index in [4.69, 9.17) is 5.26 Å². The standard InChI is InChI=1S/C14H11NO2S/c15-10-12-6-4-5-7-13(12)11-18(16,17)14-8-2-1-3-9-14/h1-9H,11H2. The maximum absolute atomic E-state index is 12.2. The second kappa shape index (κ2) is 5.03. The molecule has 0 atom stereocenters. The van der Waals surface area contributed by atoms with Crippen molar-refractivity contribution in [2.24, 2.45) is 0 Å². The summed E-state index contributed by atoms with van der Waals surface area (Å²) in [7, 11) is -3.40. The van der Waals surface area contributed by atoms with Crippen LogP contribution in [0, 0.1) is 11.3 Å². The lowest BCUT2D eigenvalue weighted by molar-refractivity contribution is 0.595. The Morgan fingerprint density at radius 2 is 1.56 bits per heavy atom. The van der Waals surface area contributed by atoms with Crippen LogP contribution in [0.4, 0.5) is 0 Å². The molecule has 0 aromatic heterocycles. The molecule has 0 saturated carbocycles. The van der Waals surface area contributed by atoms with Crippen LogP contribution in [0.1, 0.15) is 11.1 Å². The highest BCUT2D eigenvalue weighted by molar-refractivity contribution is 7.90. The molecule has 0 N–H and O–H groups in total. The molecule has 0 saturated heterocycles. The molecule has 2 aromatic rings. The van der Waals surface area contributed by atoms with Gasteiger partial charge in [0.15, 0.2) is 9.84 Å². The van der Waals surface area contributed by atoms with Crippen LogP contribution in [0.5, 0.6) is 0 Å². The van der Waals surface area contributed by atoms with E-state index in [1.54, 1.807) is 54.6 Å². The van der Waals surface area contributed by atoms with E-state index in [0.717, 1.165) is 0 Å². The average molecular weight is 257 g/mol. The Balaban J connectivity index is 2.38. The van der Waals surface area contributed by atoms with E-state index in [1.807, 2.05) is 6.07 Å². The SMILES string of the molecule is N#Cc1ccccc1CS(=O)(=O)c1ccccc1. The lowest BCUT2D eigenvalue weighted by Crippen LogP contribution is -2.06. The van der Waals surface area contributed by atoms with E-state index >= 15 is 0 Å². The summed E-state index contributed by atoms with van der Waals surface area (Å²) in [5.41, 5.74) is 0.931. The van der Waals surface area contributed by atoms with Crippen LogP contribution in [0.25, 0.3) is 0 Å². The van der Waals surface area contributed by atoms with Crippen molar-refractivity contribution in [1.82, 2.24) is 0 Å². The molecule has 0 unspecified atom stereocenters. The molecule has 0 aliphatic rings. The molecule has 2 rings (SSSR count). The summed E-state index contributed by atoms with van der Waals surface area (Å²) >= 11 is 0. The van der Waals surface area contributed by atoms with Gasteiger partial charge in [-0.25, -0.2) is 8.42 Å². The molecule has 0 bridgehead atoms. The minimum absolute atomic E-state index is 0.152. The smallest absolute Gasteiger partial charge is 0.182 e. The predicted molar refractivity (Wildman–Crippen MR) is 68.5 cm³/mol. The van der Waals surface area contributed by atoms with E-state index in [1.165, 1.54) is 0 Å². The highest BCUT2D eigenvalue weighted by Crippen LogP contribution is 2.18. The normalized spacial score (nSPS) is 10.8. The van der Waals surface area contributed by atoms with Gasteiger partial charge in [0.1, 0.15) is 0 Å². The lowest BCUT2D eigenvalue weighted by Gasteiger charge is -2.05. The molecule has 0 spiro atoms. The van der Waals surface area contributed by atoms with Crippen molar-refractivity contribution in [3.05, 3.63) is 65.7 Å². The maximum atomic E-state index is 12.2. The Bertz CT molecular complexity index is 685. The van der Waals surface area contributed by atoms with E-state index < -0.39 is 9.84 Å². The molecule has 0 heterocycles. The summed E-state index contributed by atoms with van der Waals surface area (Å²) in [6, 6.07) is 17.0. The van der Waals surface area contributed by atoms with Gasteiger partial charge in [-0.1, -0.05) is 36.4 Å². The lowest BCUT2D eigenvalue weighted by atomic mass is 10.1. The summed E-state index contributed by atoms with van der Waals surface area (Å²) < 4.78 is 24.3. The van der Waals surface area contributed by atoms with Gasteiger partial charge in [0, 0.05) is 0 Å². The molecular weight excluding hydrogens is 246 g/mol. The van der Waals surface area contributed by atoms with Crippen molar-refractivity contribution in [2.75, 3.05) is 0 Å². The van der Waals surface area contributed by atoms with Gasteiger partial charge in [-0.05, 0) is 23.8 Å². The molecule has 0 amide bonds. The monoisotopic (exact) mass is 257 g/mol. The highest BCUT2D eigenvalue weighted by Gasteiger charge is 2.16. The predicted octanol–water partition coefficient (Wildman–Crippen LogP) is 2.53. The third kappa shape index (κ3) is 2.58. The molecule has 90 valence electrons. The van der Waals surface area contributed by atoms with Crippen molar-refractivity contribution in [1.29, 1.82) is 5.26 Å². The zero-order chi connectivity index (χ0) is 13.0. The fourth-order valence-corrected chi connectivity index (χ4v) is 3.07. The topological polar surface area (TPSA) is 57.9 Å². The minimum atomic E-state index is -3.40. The number of sulfone groups is 1. The second-order valence-corrected chi connectivity index (χ2v) is 5.83. The first-order valence-corrected chi connectivity index (χ1v) is 7.04. The van der Waals surface area contributed by atoms with Gasteiger partial charge in [-0.2, -0.15) is 5.26 Å². The van der Waals surface area contributed by atoms with Crippen LogP contribution in [-0.2, 0) is 15.6 Å². The fourth-order valence-electron chi connectivity index (χ4n) is 1.67. The Morgan fingerprint density at radius 1 is 0.944 bits per heavy atom. The summed E-state index contributed by atoms with van der Waals surface area (Å²) in [5.74, 6) is -0.152. The molecule has 0 radical (unpaired) electrons. The average Bonchev–Trinajstić information content (AvgIpc) is 2.40. The van der Waals surface area contributed by atoms with Crippen LogP contribution >= 0.6 is 0 Å². The Kier molecular flexibility index (Phi) is 3.45. The number of nitriles is 1. The van der Waals surface area contributed by atoms with E-state index in [9.17, 15) is 8.42 Å². The molecule has 4 heteroatoms. The third-order valence-corrected chi connectivity index (χ3v) is 4.27. The maximum Gasteiger partial charge on any atom is 0.182 e. The highest BCUT2D eigenvalue weighted by atomic mass is 32.2. The van der Waals surface area contributed by atoms with Gasteiger partial charge in [0.05, 0.1) is 22.3 Å². The van der Waals surface area contributed by atoms with Crippen LogP contribution in [0.15, 0.2) is 59.5 Å². The van der Waals surface area contributed by atoms with Crippen LogP contribution in [-0.4, -0.2) is 8.42 Å². The Morgan fingerprint density at radius 3 is 2.22 bits per heavy atom. The van der Waals surface area contributed by atoms with Crippen LogP contribution in [0.2, 0.25) is 0 Å². The van der Waals surface area contributed by atoms with Crippen LogP contribution in [0.3, 0.4) is 0 Å². The molecule has 18 heavy (non-hydrogen) atoms. The number of hydrogen-bond acceptors (Lipinski definition) is 3. The van der Waals surface area contributed by atoms with Crippen molar-refractivity contribution in [3.63, 3.8) is 0 Å². The molecule has 2 aromatic carbocycles. The summed E-state index contributed by atoms with van der Waals surface area (Å²) in [6.45, 7) is 0. The first-order chi connectivity index (χ1) is 8.63. The Labute approximate surface area is 106 Å². The molecule has 0 aliphatic carbocycles. The van der Waals surface area contributed by atoms with Gasteiger partial charge >= 0.3 is 0 Å². The summed E-state index contributed by atoms with van der Waals surface area (Å²) in [4.78, 5) is 0.276.